The molecule has 0 saturated carbocycles. The molecule has 2 aliphatic heterocycles. The molecule has 2 fully saturated rings. The molecule has 1 aromatic heterocycles. The zero-order valence-corrected chi connectivity index (χ0v) is 11.7. The van der Waals surface area contributed by atoms with Crippen LogP contribution in [0.5, 0.6) is 12.0 Å². The molecule has 0 aliphatic carbocycles. The van der Waals surface area contributed by atoms with E-state index in [-0.39, 0.29) is 12.0 Å². The van der Waals surface area contributed by atoms with Gasteiger partial charge in [-0.25, -0.2) is 0 Å². The maximum atomic E-state index is 5.75. The molecule has 3 heterocycles. The Labute approximate surface area is 117 Å². The fourth-order valence-corrected chi connectivity index (χ4v) is 2.54. The Morgan fingerprint density at radius 2 is 1.70 bits per heavy atom. The Morgan fingerprint density at radius 1 is 1.05 bits per heavy atom. The molecular formula is C12H18N4O4. The van der Waals surface area contributed by atoms with Crippen molar-refractivity contribution in [2.75, 3.05) is 45.4 Å². The van der Waals surface area contributed by atoms with Crippen LogP contribution >= 0.6 is 0 Å². The molecule has 8 nitrogen and oxygen atoms in total. The highest BCUT2D eigenvalue weighted by Crippen LogP contribution is 2.32. The van der Waals surface area contributed by atoms with E-state index in [2.05, 4.69) is 15.0 Å². The van der Waals surface area contributed by atoms with E-state index in [0.29, 0.717) is 25.7 Å². The zero-order valence-electron chi connectivity index (χ0n) is 11.7. The molecule has 0 radical (unpaired) electrons. The van der Waals surface area contributed by atoms with Gasteiger partial charge in [-0.1, -0.05) is 0 Å². The summed E-state index contributed by atoms with van der Waals surface area (Å²) in [5, 5.41) is 0. The second-order valence-electron chi connectivity index (χ2n) is 4.74. The lowest BCUT2D eigenvalue weighted by Crippen LogP contribution is -2.49. The van der Waals surface area contributed by atoms with Gasteiger partial charge in [0, 0.05) is 13.0 Å². The van der Waals surface area contributed by atoms with Crippen LogP contribution in [-0.2, 0) is 9.47 Å². The lowest BCUT2D eigenvalue weighted by atomic mass is 10.1. The van der Waals surface area contributed by atoms with Gasteiger partial charge in [0.2, 0.25) is 5.95 Å². The largest absolute Gasteiger partial charge is 0.467 e. The Hall–Kier alpha value is -1.67. The number of hydrogen-bond acceptors (Lipinski definition) is 8. The predicted octanol–water partition coefficient (Wildman–Crippen LogP) is 0.232. The van der Waals surface area contributed by atoms with Crippen LogP contribution in [0.25, 0.3) is 0 Å². The van der Waals surface area contributed by atoms with Crippen molar-refractivity contribution >= 4 is 5.95 Å². The van der Waals surface area contributed by atoms with Crippen LogP contribution in [0.3, 0.4) is 0 Å². The van der Waals surface area contributed by atoms with Gasteiger partial charge in [0.05, 0.1) is 34.0 Å². The maximum absolute atomic E-state index is 5.75. The van der Waals surface area contributed by atoms with Crippen molar-refractivity contribution in [3.63, 3.8) is 0 Å². The van der Waals surface area contributed by atoms with Crippen LogP contribution in [-0.4, -0.2) is 61.3 Å². The summed E-state index contributed by atoms with van der Waals surface area (Å²) < 4.78 is 21.6. The lowest BCUT2D eigenvalue weighted by Gasteiger charge is -2.38. The van der Waals surface area contributed by atoms with Crippen LogP contribution in [0, 0.1) is 0 Å². The maximum Gasteiger partial charge on any atom is 0.324 e. The first-order chi connectivity index (χ1) is 9.74. The molecule has 3 rings (SSSR count). The van der Waals surface area contributed by atoms with Gasteiger partial charge in [-0.15, -0.1) is 4.98 Å². The number of aromatic nitrogens is 3. The molecule has 110 valence electrons. The van der Waals surface area contributed by atoms with Crippen molar-refractivity contribution in [3.8, 4) is 12.0 Å². The Morgan fingerprint density at radius 3 is 2.30 bits per heavy atom. The second-order valence-corrected chi connectivity index (χ2v) is 4.74. The molecule has 0 amide bonds. The molecule has 0 unspecified atom stereocenters. The first kappa shape index (κ1) is 13.3. The Balaban J connectivity index is 1.84. The first-order valence-corrected chi connectivity index (χ1v) is 6.62. The highest BCUT2D eigenvalue weighted by molar-refractivity contribution is 5.33. The van der Waals surface area contributed by atoms with E-state index in [4.69, 9.17) is 18.9 Å². The molecule has 1 spiro atoms. The number of anilines is 1. The van der Waals surface area contributed by atoms with Gasteiger partial charge in [-0.05, 0) is 6.42 Å². The lowest BCUT2D eigenvalue weighted by molar-refractivity contribution is -0.161. The third kappa shape index (κ3) is 2.48. The monoisotopic (exact) mass is 282 g/mol. The number of hydrogen-bond donors (Lipinski definition) is 0. The van der Waals surface area contributed by atoms with Crippen LogP contribution < -0.4 is 14.4 Å². The molecule has 2 aliphatic rings. The van der Waals surface area contributed by atoms with E-state index >= 15 is 0 Å². The summed E-state index contributed by atoms with van der Waals surface area (Å²) in [6.45, 7) is 2.71. The Bertz CT molecular complexity index is 456. The molecule has 2 saturated heterocycles. The van der Waals surface area contributed by atoms with Gasteiger partial charge in [-0.2, -0.15) is 9.97 Å². The topological polar surface area (TPSA) is 78.8 Å². The van der Waals surface area contributed by atoms with Crippen LogP contribution in [0.1, 0.15) is 12.8 Å². The number of piperidine rings is 1. The Kier molecular flexibility index (Phi) is 3.58. The van der Waals surface area contributed by atoms with E-state index in [1.165, 1.54) is 14.2 Å². The van der Waals surface area contributed by atoms with E-state index in [1.807, 2.05) is 4.90 Å². The summed E-state index contributed by atoms with van der Waals surface area (Å²) in [5.41, 5.74) is 0. The van der Waals surface area contributed by atoms with Gasteiger partial charge in [0.1, 0.15) is 0 Å². The number of methoxy groups -OCH3 is 2. The molecule has 20 heavy (non-hydrogen) atoms. The quantitative estimate of drug-likeness (QED) is 0.779. The summed E-state index contributed by atoms with van der Waals surface area (Å²) in [5.74, 6) is -0.00222. The van der Waals surface area contributed by atoms with Gasteiger partial charge in [-0.3, -0.25) is 0 Å². The molecule has 0 atom stereocenters. The average Bonchev–Trinajstić information content (AvgIpc) is 2.94. The van der Waals surface area contributed by atoms with Gasteiger partial charge >= 0.3 is 12.0 Å². The fraction of sp³-hybridized carbons (Fsp3) is 0.750. The highest BCUT2D eigenvalue weighted by Gasteiger charge is 2.41. The normalized spacial score (nSPS) is 21.2. The number of ether oxygens (including phenoxy) is 4. The summed E-state index contributed by atoms with van der Waals surface area (Å²) in [6, 6.07) is 0.472. The predicted molar refractivity (Wildman–Crippen MR) is 69.0 cm³/mol. The highest BCUT2D eigenvalue weighted by atomic mass is 16.7. The number of nitrogens with zero attached hydrogens (tertiary/aromatic N) is 4. The van der Waals surface area contributed by atoms with Crippen molar-refractivity contribution in [2.45, 2.75) is 18.6 Å². The SMILES string of the molecule is COc1nc(OC)nc(N2CCCC3(C2)OCCO3)n1. The minimum Gasteiger partial charge on any atom is -0.467 e. The smallest absolute Gasteiger partial charge is 0.324 e. The van der Waals surface area contributed by atoms with Crippen molar-refractivity contribution in [1.29, 1.82) is 0 Å². The molecule has 0 aromatic carbocycles. The van der Waals surface area contributed by atoms with Crippen molar-refractivity contribution in [3.05, 3.63) is 0 Å². The molecule has 0 N–H and O–H groups in total. The summed E-state index contributed by atoms with van der Waals surface area (Å²) in [6.07, 6.45) is 1.85. The van der Waals surface area contributed by atoms with E-state index in [9.17, 15) is 0 Å². The third-order valence-corrected chi connectivity index (χ3v) is 3.46. The second kappa shape index (κ2) is 5.37. The van der Waals surface area contributed by atoms with Crippen LogP contribution in [0.4, 0.5) is 5.95 Å². The molecule has 0 bridgehead atoms. The standard InChI is InChI=1S/C12H18N4O4/c1-17-10-13-9(14-11(15-10)18-2)16-5-3-4-12(8-16)19-6-7-20-12/h3-8H2,1-2H3. The van der Waals surface area contributed by atoms with Gasteiger partial charge in [0.25, 0.3) is 0 Å². The minimum absolute atomic E-state index is 0.236. The van der Waals surface area contributed by atoms with Crippen LogP contribution in [0.2, 0.25) is 0 Å². The van der Waals surface area contributed by atoms with Gasteiger partial charge in [0.15, 0.2) is 5.79 Å². The summed E-state index contributed by atoms with van der Waals surface area (Å²) >= 11 is 0. The average molecular weight is 282 g/mol. The minimum atomic E-state index is -0.522. The van der Waals surface area contributed by atoms with Crippen molar-refractivity contribution in [2.24, 2.45) is 0 Å². The number of rotatable bonds is 3. The van der Waals surface area contributed by atoms with Gasteiger partial charge < -0.3 is 23.8 Å². The fourth-order valence-electron chi connectivity index (χ4n) is 2.54. The van der Waals surface area contributed by atoms with Crippen molar-refractivity contribution in [1.82, 2.24) is 15.0 Å². The first-order valence-electron chi connectivity index (χ1n) is 6.62. The van der Waals surface area contributed by atoms with E-state index < -0.39 is 5.79 Å². The third-order valence-electron chi connectivity index (χ3n) is 3.46. The van der Waals surface area contributed by atoms with E-state index in [1.54, 1.807) is 0 Å². The van der Waals surface area contributed by atoms with Crippen molar-refractivity contribution < 1.29 is 18.9 Å². The van der Waals surface area contributed by atoms with E-state index in [0.717, 1.165) is 19.4 Å². The summed E-state index contributed by atoms with van der Waals surface area (Å²) in [4.78, 5) is 14.6. The molecular weight excluding hydrogens is 264 g/mol. The molecule has 8 heteroatoms. The summed E-state index contributed by atoms with van der Waals surface area (Å²) in [7, 11) is 3.03. The molecule has 1 aromatic rings. The van der Waals surface area contributed by atoms with Crippen LogP contribution in [0.15, 0.2) is 0 Å². The zero-order chi connectivity index (χ0) is 14.0.